The van der Waals surface area contributed by atoms with Gasteiger partial charge in [0.05, 0.1) is 11.3 Å². The normalized spacial score (nSPS) is 18.2. The maximum Gasteiger partial charge on any atom is 0.255 e. The third-order valence-corrected chi connectivity index (χ3v) is 5.87. The fourth-order valence-electron chi connectivity index (χ4n) is 4.44. The molecule has 2 amide bonds. The van der Waals surface area contributed by atoms with Crippen LogP contribution >= 0.6 is 0 Å². The molecule has 0 saturated carbocycles. The Hall–Kier alpha value is -3.48. The number of aromatic nitrogens is 2. The fourth-order valence-corrected chi connectivity index (χ4v) is 4.44. The molecule has 1 aromatic heterocycles. The van der Waals surface area contributed by atoms with E-state index in [4.69, 9.17) is 4.42 Å². The lowest BCUT2D eigenvalue weighted by molar-refractivity contribution is -0.116. The van der Waals surface area contributed by atoms with Crippen LogP contribution in [0.3, 0.4) is 0 Å². The largest absolute Gasteiger partial charge is 0.421 e. The van der Waals surface area contributed by atoms with E-state index in [1.807, 2.05) is 47.4 Å². The maximum atomic E-state index is 13.2. The summed E-state index contributed by atoms with van der Waals surface area (Å²) in [7, 11) is 0. The van der Waals surface area contributed by atoms with Crippen LogP contribution < -0.4 is 5.32 Å². The molecule has 2 heterocycles. The Bertz CT molecular complexity index is 1090. The van der Waals surface area contributed by atoms with Gasteiger partial charge < -0.3 is 14.6 Å². The van der Waals surface area contributed by atoms with E-state index in [0.29, 0.717) is 54.1 Å². The van der Waals surface area contributed by atoms with Crippen molar-refractivity contribution < 1.29 is 14.0 Å². The van der Waals surface area contributed by atoms with Gasteiger partial charge in [0.25, 0.3) is 5.91 Å². The summed E-state index contributed by atoms with van der Waals surface area (Å²) < 4.78 is 5.70. The molecule has 1 aliphatic rings. The van der Waals surface area contributed by atoms with Gasteiger partial charge in [0.2, 0.25) is 17.7 Å². The lowest BCUT2D eigenvalue weighted by Gasteiger charge is -2.35. The summed E-state index contributed by atoms with van der Waals surface area (Å²) in [5, 5.41) is 11.1. The van der Waals surface area contributed by atoms with Crippen molar-refractivity contribution in [2.24, 2.45) is 11.8 Å². The molecule has 1 aliphatic heterocycles. The second-order valence-corrected chi connectivity index (χ2v) is 8.97. The van der Waals surface area contributed by atoms with Crippen LogP contribution in [0.15, 0.2) is 59.0 Å². The van der Waals surface area contributed by atoms with E-state index in [9.17, 15) is 9.59 Å². The third-order valence-electron chi connectivity index (χ3n) is 5.87. The average Bonchev–Trinajstić information content (AvgIpc) is 3.28. The quantitative estimate of drug-likeness (QED) is 0.562. The van der Waals surface area contributed by atoms with E-state index in [0.717, 1.165) is 25.1 Å². The maximum absolute atomic E-state index is 13.2. The Morgan fingerprint density at radius 3 is 2.45 bits per heavy atom. The molecular formula is C26H30N4O3. The zero-order valence-electron chi connectivity index (χ0n) is 19.2. The summed E-state index contributed by atoms with van der Waals surface area (Å²) >= 11 is 0. The number of anilines is 1. The minimum absolute atomic E-state index is 0.0244. The van der Waals surface area contributed by atoms with Gasteiger partial charge in [0, 0.05) is 31.5 Å². The number of aryl methyl sites for hydroxylation is 1. The van der Waals surface area contributed by atoms with Crippen molar-refractivity contribution in [3.63, 3.8) is 0 Å². The van der Waals surface area contributed by atoms with Crippen molar-refractivity contribution in [1.29, 1.82) is 0 Å². The molecule has 7 nitrogen and oxygen atoms in total. The highest BCUT2D eigenvalue weighted by Crippen LogP contribution is 2.25. The number of carbonyl (C=O) groups excluding carboxylic acids is 2. The summed E-state index contributed by atoms with van der Waals surface area (Å²) in [4.78, 5) is 27.6. The molecule has 33 heavy (non-hydrogen) atoms. The molecule has 4 rings (SSSR count). The molecule has 1 fully saturated rings. The lowest BCUT2D eigenvalue weighted by Crippen LogP contribution is -2.42. The Kier molecular flexibility index (Phi) is 7.17. The van der Waals surface area contributed by atoms with Gasteiger partial charge >= 0.3 is 0 Å². The van der Waals surface area contributed by atoms with E-state index in [1.165, 1.54) is 0 Å². The summed E-state index contributed by atoms with van der Waals surface area (Å²) in [5.41, 5.74) is 1.96. The van der Waals surface area contributed by atoms with Crippen molar-refractivity contribution in [3.8, 4) is 11.5 Å². The topological polar surface area (TPSA) is 88.3 Å². The number of rotatable bonds is 7. The zero-order valence-corrected chi connectivity index (χ0v) is 19.2. The number of piperidine rings is 1. The molecule has 1 saturated heterocycles. The minimum Gasteiger partial charge on any atom is -0.421 e. The van der Waals surface area contributed by atoms with Gasteiger partial charge in [-0.25, -0.2) is 0 Å². The highest BCUT2D eigenvalue weighted by atomic mass is 16.4. The van der Waals surface area contributed by atoms with Crippen LogP contribution in [0.2, 0.25) is 0 Å². The highest BCUT2D eigenvalue weighted by Gasteiger charge is 2.27. The summed E-state index contributed by atoms with van der Waals surface area (Å²) in [5.74, 6) is 1.77. The third kappa shape index (κ3) is 5.86. The van der Waals surface area contributed by atoms with Gasteiger partial charge in [-0.05, 0) is 48.9 Å². The predicted molar refractivity (Wildman–Crippen MR) is 127 cm³/mol. The molecule has 0 radical (unpaired) electrons. The monoisotopic (exact) mass is 446 g/mol. The van der Waals surface area contributed by atoms with Crippen molar-refractivity contribution in [3.05, 3.63) is 66.1 Å². The first-order chi connectivity index (χ1) is 16.0. The van der Waals surface area contributed by atoms with Crippen molar-refractivity contribution in [2.45, 2.75) is 39.5 Å². The second kappa shape index (κ2) is 10.4. The fraction of sp³-hybridized carbons (Fsp3) is 0.385. The molecule has 2 aromatic carbocycles. The SMILES string of the molecule is CC1CC(C)CN(C(=O)c2ccccc2NC(=O)CCCc2nnc(-c3ccccc3)o2)C1. The number of hydrogen-bond donors (Lipinski definition) is 1. The number of para-hydroxylation sites is 1. The van der Waals surface area contributed by atoms with Gasteiger partial charge in [0.1, 0.15) is 0 Å². The number of nitrogens with one attached hydrogen (secondary N) is 1. The molecule has 1 N–H and O–H groups in total. The van der Waals surface area contributed by atoms with Crippen LogP contribution in [0.4, 0.5) is 5.69 Å². The Labute approximate surface area is 194 Å². The molecule has 2 atom stereocenters. The molecule has 3 aromatic rings. The Morgan fingerprint density at radius 1 is 1.00 bits per heavy atom. The van der Waals surface area contributed by atoms with Crippen LogP contribution in [-0.2, 0) is 11.2 Å². The molecule has 0 bridgehead atoms. The van der Waals surface area contributed by atoms with Gasteiger partial charge in [-0.15, -0.1) is 10.2 Å². The lowest BCUT2D eigenvalue weighted by atomic mass is 9.91. The summed E-state index contributed by atoms with van der Waals surface area (Å²) in [6.07, 6.45) is 2.51. The number of hydrogen-bond acceptors (Lipinski definition) is 5. The van der Waals surface area contributed by atoms with E-state index in [1.54, 1.807) is 12.1 Å². The summed E-state index contributed by atoms with van der Waals surface area (Å²) in [6.45, 7) is 5.85. The Morgan fingerprint density at radius 2 is 1.70 bits per heavy atom. The highest BCUT2D eigenvalue weighted by molar-refractivity contribution is 6.03. The summed E-state index contributed by atoms with van der Waals surface area (Å²) in [6, 6.07) is 16.8. The van der Waals surface area contributed by atoms with Gasteiger partial charge in [-0.1, -0.05) is 44.2 Å². The first-order valence-electron chi connectivity index (χ1n) is 11.6. The standard InChI is InChI=1S/C26H30N4O3/c1-18-15-19(2)17-30(16-18)26(32)21-11-6-7-12-22(21)27-23(31)13-8-14-24-28-29-25(33-24)20-9-4-3-5-10-20/h3-7,9-12,18-19H,8,13-17H2,1-2H3,(H,27,31). The zero-order chi connectivity index (χ0) is 23.2. The van der Waals surface area contributed by atoms with Crippen molar-refractivity contribution in [1.82, 2.24) is 15.1 Å². The molecule has 7 heteroatoms. The molecule has 172 valence electrons. The van der Waals surface area contributed by atoms with E-state index >= 15 is 0 Å². The number of likely N-dealkylation sites (tertiary alicyclic amines) is 1. The Balaban J connectivity index is 1.32. The van der Waals surface area contributed by atoms with E-state index in [-0.39, 0.29) is 11.8 Å². The van der Waals surface area contributed by atoms with Crippen LogP contribution in [0.5, 0.6) is 0 Å². The van der Waals surface area contributed by atoms with Gasteiger partial charge in [0.15, 0.2) is 0 Å². The first-order valence-corrected chi connectivity index (χ1v) is 11.6. The number of benzene rings is 2. The van der Waals surface area contributed by atoms with Crippen LogP contribution in [-0.4, -0.2) is 40.0 Å². The van der Waals surface area contributed by atoms with Crippen LogP contribution in [0.1, 0.15) is 49.4 Å². The number of amides is 2. The van der Waals surface area contributed by atoms with Crippen molar-refractivity contribution >= 4 is 17.5 Å². The number of nitrogens with zero attached hydrogens (tertiary/aromatic N) is 3. The van der Waals surface area contributed by atoms with E-state index < -0.39 is 0 Å². The minimum atomic E-state index is -0.140. The second-order valence-electron chi connectivity index (χ2n) is 8.97. The smallest absolute Gasteiger partial charge is 0.255 e. The molecule has 0 spiro atoms. The average molecular weight is 447 g/mol. The van der Waals surface area contributed by atoms with Crippen LogP contribution in [0.25, 0.3) is 11.5 Å². The predicted octanol–water partition coefficient (Wildman–Crippen LogP) is 4.82. The van der Waals surface area contributed by atoms with E-state index in [2.05, 4.69) is 29.4 Å². The van der Waals surface area contributed by atoms with Gasteiger partial charge in [-0.2, -0.15) is 0 Å². The molecule has 0 aliphatic carbocycles. The first kappa shape index (κ1) is 22.7. The van der Waals surface area contributed by atoms with Gasteiger partial charge in [-0.3, -0.25) is 9.59 Å². The number of carbonyl (C=O) groups is 2. The molecular weight excluding hydrogens is 416 g/mol. The molecule has 2 unspecified atom stereocenters. The van der Waals surface area contributed by atoms with Crippen molar-refractivity contribution in [2.75, 3.05) is 18.4 Å². The van der Waals surface area contributed by atoms with Crippen LogP contribution in [0, 0.1) is 11.8 Å².